The summed E-state index contributed by atoms with van der Waals surface area (Å²) in [6.45, 7) is 0.125. The second kappa shape index (κ2) is 8.49. The Morgan fingerprint density at radius 2 is 1.84 bits per heavy atom. The molecule has 0 spiro atoms. The van der Waals surface area contributed by atoms with Crippen LogP contribution >= 0.6 is 0 Å². The van der Waals surface area contributed by atoms with Crippen molar-refractivity contribution in [3.8, 4) is 5.75 Å². The van der Waals surface area contributed by atoms with Crippen LogP contribution in [0.4, 0.5) is 5.69 Å². The van der Waals surface area contributed by atoms with E-state index in [2.05, 4.69) is 0 Å². The molecule has 0 unspecified atom stereocenters. The molecule has 0 aliphatic rings. The molecule has 0 bridgehead atoms. The molecular weight excluding hydrogens is 285 g/mol. The van der Waals surface area contributed by atoms with Crippen LogP contribution in [0.5, 0.6) is 5.75 Å². The minimum absolute atomic E-state index is 0. The van der Waals surface area contributed by atoms with Crippen molar-refractivity contribution in [3.05, 3.63) is 34.4 Å². The van der Waals surface area contributed by atoms with Gasteiger partial charge in [-0.05, 0) is 18.9 Å². The van der Waals surface area contributed by atoms with Crippen LogP contribution in [0.3, 0.4) is 0 Å². The molecule has 19 heavy (non-hydrogen) atoms. The molecule has 0 saturated heterocycles. The number of benzene rings is 1. The molecule has 0 heterocycles. The van der Waals surface area contributed by atoms with Gasteiger partial charge < -0.3 is 9.29 Å². The fourth-order valence-electron chi connectivity index (χ4n) is 1.29. The SMILES string of the molecule is O=[N+]([O-])c1ccccc1OCCCCS(=O)(=O)[O-].[Na+]. The Balaban J connectivity index is 0.00000324. The molecule has 0 saturated carbocycles. The molecule has 0 fully saturated rings. The molecule has 7 nitrogen and oxygen atoms in total. The van der Waals surface area contributed by atoms with Gasteiger partial charge in [0.15, 0.2) is 5.75 Å². The molecule has 0 atom stereocenters. The van der Waals surface area contributed by atoms with E-state index in [1.54, 1.807) is 6.07 Å². The summed E-state index contributed by atoms with van der Waals surface area (Å²) in [5, 5.41) is 10.6. The summed E-state index contributed by atoms with van der Waals surface area (Å²) in [6, 6.07) is 5.90. The van der Waals surface area contributed by atoms with E-state index in [0.29, 0.717) is 6.42 Å². The van der Waals surface area contributed by atoms with Crippen molar-refractivity contribution in [2.45, 2.75) is 12.8 Å². The Labute approximate surface area is 133 Å². The number of nitrogens with zero attached hydrogens (tertiary/aromatic N) is 1. The molecule has 1 rings (SSSR count). The quantitative estimate of drug-likeness (QED) is 0.195. The molecule has 0 radical (unpaired) electrons. The van der Waals surface area contributed by atoms with Crippen LogP contribution in [0.1, 0.15) is 12.8 Å². The zero-order valence-electron chi connectivity index (χ0n) is 10.4. The predicted molar refractivity (Wildman–Crippen MR) is 62.4 cm³/mol. The first-order valence-corrected chi connectivity index (χ1v) is 6.77. The van der Waals surface area contributed by atoms with Crippen molar-refractivity contribution in [3.63, 3.8) is 0 Å². The smallest absolute Gasteiger partial charge is 0.748 e. The van der Waals surface area contributed by atoms with E-state index in [4.69, 9.17) is 4.74 Å². The Hall–Kier alpha value is -0.670. The van der Waals surface area contributed by atoms with E-state index in [-0.39, 0.29) is 54.0 Å². The number of hydrogen-bond acceptors (Lipinski definition) is 6. The van der Waals surface area contributed by atoms with Crippen molar-refractivity contribution in [2.75, 3.05) is 12.4 Å². The Morgan fingerprint density at radius 1 is 1.21 bits per heavy atom. The second-order valence-corrected chi connectivity index (χ2v) is 5.07. The van der Waals surface area contributed by atoms with E-state index in [9.17, 15) is 23.1 Å². The summed E-state index contributed by atoms with van der Waals surface area (Å²) in [4.78, 5) is 10.1. The largest absolute Gasteiger partial charge is 1.00 e. The van der Waals surface area contributed by atoms with Crippen LogP contribution in [0.25, 0.3) is 0 Å². The molecule has 9 heteroatoms. The third-order valence-electron chi connectivity index (χ3n) is 2.11. The monoisotopic (exact) mass is 297 g/mol. The molecule has 0 amide bonds. The van der Waals surface area contributed by atoms with Crippen LogP contribution in [0.2, 0.25) is 0 Å². The minimum Gasteiger partial charge on any atom is -0.748 e. The van der Waals surface area contributed by atoms with Gasteiger partial charge in [0, 0.05) is 11.8 Å². The summed E-state index contributed by atoms with van der Waals surface area (Å²) in [7, 11) is -4.20. The fraction of sp³-hybridized carbons (Fsp3) is 0.400. The van der Waals surface area contributed by atoms with Crippen molar-refractivity contribution in [1.29, 1.82) is 0 Å². The van der Waals surface area contributed by atoms with Crippen molar-refractivity contribution in [2.24, 2.45) is 0 Å². The van der Waals surface area contributed by atoms with Crippen molar-refractivity contribution >= 4 is 15.8 Å². The fourth-order valence-corrected chi connectivity index (χ4v) is 1.85. The van der Waals surface area contributed by atoms with Gasteiger partial charge >= 0.3 is 35.2 Å². The number of rotatable bonds is 7. The van der Waals surface area contributed by atoms with Gasteiger partial charge in [-0.1, -0.05) is 12.1 Å². The molecule has 0 aliphatic heterocycles. The maximum absolute atomic E-state index is 10.6. The van der Waals surface area contributed by atoms with E-state index >= 15 is 0 Å². The van der Waals surface area contributed by atoms with Gasteiger partial charge in [-0.25, -0.2) is 8.42 Å². The number of ether oxygens (including phenoxy) is 1. The van der Waals surface area contributed by atoms with Crippen LogP contribution in [-0.4, -0.2) is 30.3 Å². The molecule has 1 aromatic carbocycles. The first-order chi connectivity index (χ1) is 8.40. The zero-order valence-corrected chi connectivity index (χ0v) is 13.3. The number of hydrogen-bond donors (Lipinski definition) is 0. The predicted octanol–water partition coefficient (Wildman–Crippen LogP) is -1.70. The second-order valence-electron chi connectivity index (χ2n) is 3.54. The molecule has 0 N–H and O–H groups in total. The Bertz CT molecular complexity index is 519. The van der Waals surface area contributed by atoms with Crippen molar-refractivity contribution < 1.29 is 52.2 Å². The number of para-hydroxylation sites is 2. The first kappa shape index (κ1) is 18.3. The van der Waals surface area contributed by atoms with E-state index in [1.807, 2.05) is 0 Å². The van der Waals surface area contributed by atoms with E-state index in [0.717, 1.165) is 0 Å². The third kappa shape index (κ3) is 7.48. The van der Waals surface area contributed by atoms with E-state index in [1.165, 1.54) is 18.2 Å². The standard InChI is InChI=1S/C10H13NO6S.Na/c12-11(13)9-5-1-2-6-10(9)17-7-3-4-8-18(14,15)16;/h1-2,5-6H,3-4,7-8H2,(H,14,15,16);/q;+1/p-1. The number of nitro groups is 1. The molecule has 1 aromatic rings. The maximum Gasteiger partial charge on any atom is 1.00 e. The Kier molecular flexibility index (Phi) is 8.19. The van der Waals surface area contributed by atoms with Gasteiger partial charge in [0.05, 0.1) is 21.6 Å². The number of nitro benzene ring substituents is 1. The summed E-state index contributed by atoms with van der Waals surface area (Å²) >= 11 is 0. The van der Waals surface area contributed by atoms with E-state index < -0.39 is 20.8 Å². The third-order valence-corrected chi connectivity index (χ3v) is 2.90. The average molecular weight is 297 g/mol. The van der Waals surface area contributed by atoms with Gasteiger partial charge in [0.25, 0.3) is 0 Å². The van der Waals surface area contributed by atoms with Crippen molar-refractivity contribution in [1.82, 2.24) is 0 Å². The minimum atomic E-state index is -4.20. The Morgan fingerprint density at radius 3 is 2.42 bits per heavy atom. The van der Waals surface area contributed by atoms with Crippen LogP contribution in [0.15, 0.2) is 24.3 Å². The average Bonchev–Trinajstić information content (AvgIpc) is 2.27. The van der Waals surface area contributed by atoms with Gasteiger partial charge in [0.2, 0.25) is 0 Å². The topological polar surface area (TPSA) is 110 Å². The number of unbranched alkanes of at least 4 members (excludes halogenated alkanes) is 1. The molecular formula is C10H12NNaO6S. The van der Waals surface area contributed by atoms with Crippen LogP contribution in [0, 0.1) is 10.1 Å². The molecule has 100 valence electrons. The van der Waals surface area contributed by atoms with Crippen LogP contribution in [-0.2, 0) is 10.1 Å². The maximum atomic E-state index is 10.6. The van der Waals surface area contributed by atoms with Gasteiger partial charge in [-0.15, -0.1) is 0 Å². The first-order valence-electron chi connectivity index (χ1n) is 5.20. The zero-order chi connectivity index (χ0) is 13.6. The molecule has 0 aliphatic carbocycles. The summed E-state index contributed by atoms with van der Waals surface area (Å²) < 4.78 is 36.1. The van der Waals surface area contributed by atoms with Gasteiger partial charge in [-0.3, -0.25) is 10.1 Å². The summed E-state index contributed by atoms with van der Waals surface area (Å²) in [5.74, 6) is -0.319. The van der Waals surface area contributed by atoms with Crippen LogP contribution < -0.4 is 34.3 Å². The van der Waals surface area contributed by atoms with Gasteiger partial charge in [-0.2, -0.15) is 0 Å². The molecule has 0 aromatic heterocycles. The summed E-state index contributed by atoms with van der Waals surface area (Å²) in [6.07, 6.45) is 0.514. The summed E-state index contributed by atoms with van der Waals surface area (Å²) in [5.41, 5.74) is -0.144. The van der Waals surface area contributed by atoms with Gasteiger partial charge in [0.1, 0.15) is 0 Å². The normalized spacial score (nSPS) is 10.6.